The van der Waals surface area contributed by atoms with Gasteiger partial charge in [0.2, 0.25) is 5.43 Å². The molecule has 7 heteroatoms. The summed E-state index contributed by atoms with van der Waals surface area (Å²) in [4.78, 5) is 25.2. The highest BCUT2D eigenvalue weighted by Crippen LogP contribution is 2.27. The van der Waals surface area contributed by atoms with Crippen molar-refractivity contribution in [3.05, 3.63) is 44.2 Å². The molecule has 0 bridgehead atoms. The lowest BCUT2D eigenvalue weighted by atomic mass is 10.1. The molecule has 0 radical (unpaired) electrons. The number of carbonyl (C=O) groups is 1. The van der Waals surface area contributed by atoms with E-state index in [9.17, 15) is 9.59 Å². The molecule has 1 aromatic heterocycles. The Hall–Kier alpha value is -1.18. The standard InChI is InChI=1S/C16H16BrNO3S2/c1-3-18(4-2)16(22)23-9-10-5-12(17)6-13-14(20)11(7-19)8-21-15(10)13/h5-8H,3-4,9H2,1-2H3. The molecule has 1 aromatic carbocycles. The SMILES string of the molecule is CCN(CC)C(=S)SCc1cc(Br)cc2c(=O)c(C=O)coc12. The number of hydrogen-bond donors (Lipinski definition) is 0. The first-order chi connectivity index (χ1) is 11.0. The van der Waals surface area contributed by atoms with Crippen LogP contribution in [0.3, 0.4) is 0 Å². The number of fused-ring (bicyclic) bond motifs is 1. The molecule has 23 heavy (non-hydrogen) atoms. The molecule has 2 rings (SSSR count). The van der Waals surface area contributed by atoms with Crippen molar-refractivity contribution < 1.29 is 9.21 Å². The first-order valence-electron chi connectivity index (χ1n) is 7.12. The summed E-state index contributed by atoms with van der Waals surface area (Å²) in [6, 6.07) is 3.58. The molecule has 122 valence electrons. The van der Waals surface area contributed by atoms with Gasteiger partial charge >= 0.3 is 0 Å². The van der Waals surface area contributed by atoms with Crippen molar-refractivity contribution in [1.29, 1.82) is 0 Å². The molecule has 0 aliphatic rings. The Labute approximate surface area is 152 Å². The summed E-state index contributed by atoms with van der Waals surface area (Å²) in [5, 5.41) is 0.397. The average Bonchev–Trinajstić information content (AvgIpc) is 2.54. The van der Waals surface area contributed by atoms with Crippen LogP contribution in [-0.2, 0) is 5.75 Å². The lowest BCUT2D eigenvalue weighted by Gasteiger charge is -2.20. The summed E-state index contributed by atoms with van der Waals surface area (Å²) in [6.45, 7) is 5.84. The number of thioether (sulfide) groups is 1. The van der Waals surface area contributed by atoms with Crippen LogP contribution in [0, 0.1) is 0 Å². The molecule has 4 nitrogen and oxygen atoms in total. The quantitative estimate of drug-likeness (QED) is 0.539. The lowest BCUT2D eigenvalue weighted by Crippen LogP contribution is -2.26. The van der Waals surface area contributed by atoms with Crippen LogP contribution in [0.2, 0.25) is 0 Å². The molecule has 0 aliphatic heterocycles. The third-order valence-corrected chi connectivity index (χ3v) is 5.47. The van der Waals surface area contributed by atoms with Crippen LogP contribution in [0.1, 0.15) is 29.8 Å². The fourth-order valence-corrected chi connectivity index (χ4v) is 4.06. The van der Waals surface area contributed by atoms with Gasteiger partial charge in [-0.2, -0.15) is 0 Å². The largest absolute Gasteiger partial charge is 0.463 e. The van der Waals surface area contributed by atoms with Gasteiger partial charge in [0.15, 0.2) is 6.29 Å². The number of aldehydes is 1. The fraction of sp³-hybridized carbons (Fsp3) is 0.312. The lowest BCUT2D eigenvalue weighted by molar-refractivity contribution is 0.112. The van der Waals surface area contributed by atoms with Crippen molar-refractivity contribution in [2.24, 2.45) is 0 Å². The maximum Gasteiger partial charge on any atom is 0.203 e. The van der Waals surface area contributed by atoms with Crippen molar-refractivity contribution in [1.82, 2.24) is 4.90 Å². The first kappa shape index (κ1) is 18.2. The Kier molecular flexibility index (Phi) is 6.38. The van der Waals surface area contributed by atoms with E-state index in [4.69, 9.17) is 16.6 Å². The third-order valence-electron chi connectivity index (χ3n) is 3.44. The van der Waals surface area contributed by atoms with E-state index in [0.29, 0.717) is 23.0 Å². The van der Waals surface area contributed by atoms with Crippen LogP contribution >= 0.6 is 39.9 Å². The van der Waals surface area contributed by atoms with Gasteiger partial charge in [-0.1, -0.05) is 39.9 Å². The molecule has 0 fully saturated rings. The maximum absolute atomic E-state index is 12.3. The highest BCUT2D eigenvalue weighted by Gasteiger charge is 2.13. The zero-order valence-corrected chi connectivity index (χ0v) is 16.0. The molecule has 1 heterocycles. The number of hydrogen-bond acceptors (Lipinski definition) is 5. The molecular formula is C16H16BrNO3S2. The number of rotatable bonds is 5. The van der Waals surface area contributed by atoms with Gasteiger partial charge in [0, 0.05) is 28.9 Å². The van der Waals surface area contributed by atoms with Crippen molar-refractivity contribution in [3.63, 3.8) is 0 Å². The van der Waals surface area contributed by atoms with Gasteiger partial charge in [-0.05, 0) is 26.0 Å². The second-order valence-electron chi connectivity index (χ2n) is 4.81. The number of nitrogens with zero attached hydrogens (tertiary/aromatic N) is 1. The summed E-state index contributed by atoms with van der Waals surface area (Å²) in [5.74, 6) is 0.592. The molecular weight excluding hydrogens is 398 g/mol. The maximum atomic E-state index is 12.3. The molecule has 0 saturated heterocycles. The number of halogens is 1. The van der Waals surface area contributed by atoms with Gasteiger partial charge in [0.25, 0.3) is 0 Å². The van der Waals surface area contributed by atoms with Gasteiger partial charge < -0.3 is 9.32 Å². The minimum atomic E-state index is -0.319. The van der Waals surface area contributed by atoms with E-state index in [0.717, 1.165) is 27.4 Å². The molecule has 0 unspecified atom stereocenters. The Morgan fingerprint density at radius 2 is 2.09 bits per heavy atom. The molecule has 2 aromatic rings. The average molecular weight is 414 g/mol. The molecule has 0 amide bonds. The molecule has 0 aliphatic carbocycles. The van der Waals surface area contributed by atoms with Crippen molar-refractivity contribution in [2.45, 2.75) is 19.6 Å². The summed E-state index contributed by atoms with van der Waals surface area (Å²) in [6.07, 6.45) is 1.72. The number of carbonyl (C=O) groups excluding carboxylic acids is 1. The Morgan fingerprint density at radius 1 is 1.39 bits per heavy atom. The first-order valence-corrected chi connectivity index (χ1v) is 9.31. The second-order valence-corrected chi connectivity index (χ2v) is 7.33. The normalized spacial score (nSPS) is 10.7. The second kappa shape index (κ2) is 8.08. The van der Waals surface area contributed by atoms with Gasteiger partial charge in [-0.15, -0.1) is 0 Å². The topological polar surface area (TPSA) is 50.5 Å². The van der Waals surface area contributed by atoms with Crippen LogP contribution < -0.4 is 5.43 Å². The van der Waals surface area contributed by atoms with Gasteiger partial charge in [-0.3, -0.25) is 9.59 Å². The predicted octanol–water partition coefficient (Wildman–Crippen LogP) is 4.23. The van der Waals surface area contributed by atoms with Gasteiger partial charge in [0.1, 0.15) is 16.2 Å². The highest BCUT2D eigenvalue weighted by atomic mass is 79.9. The zero-order valence-electron chi connectivity index (χ0n) is 12.8. The van der Waals surface area contributed by atoms with E-state index in [1.54, 1.807) is 6.07 Å². The van der Waals surface area contributed by atoms with E-state index < -0.39 is 0 Å². The minimum absolute atomic E-state index is 0.0212. The van der Waals surface area contributed by atoms with Crippen LogP contribution in [0.25, 0.3) is 11.0 Å². The van der Waals surface area contributed by atoms with Gasteiger partial charge in [0.05, 0.1) is 10.9 Å². The third kappa shape index (κ3) is 4.02. The van der Waals surface area contributed by atoms with Gasteiger partial charge in [-0.25, -0.2) is 0 Å². The Morgan fingerprint density at radius 3 is 2.70 bits per heavy atom. The van der Waals surface area contributed by atoms with Crippen molar-refractivity contribution >= 4 is 61.5 Å². The highest BCUT2D eigenvalue weighted by molar-refractivity contribution is 9.10. The minimum Gasteiger partial charge on any atom is -0.463 e. The number of thiocarbonyl (C=S) groups is 1. The zero-order chi connectivity index (χ0) is 17.0. The van der Waals surface area contributed by atoms with Crippen LogP contribution in [0.5, 0.6) is 0 Å². The Balaban J connectivity index is 2.38. The summed E-state index contributed by atoms with van der Waals surface area (Å²) in [7, 11) is 0. The van der Waals surface area contributed by atoms with Crippen LogP contribution in [-0.4, -0.2) is 28.6 Å². The Bertz CT molecular complexity index is 800. The molecule has 0 spiro atoms. The summed E-state index contributed by atoms with van der Waals surface area (Å²) in [5.41, 5.74) is 1.06. The van der Waals surface area contributed by atoms with E-state index in [1.807, 2.05) is 6.07 Å². The van der Waals surface area contributed by atoms with E-state index in [1.165, 1.54) is 18.0 Å². The van der Waals surface area contributed by atoms with Crippen LogP contribution in [0.15, 0.2) is 32.1 Å². The molecule has 0 saturated carbocycles. The van der Waals surface area contributed by atoms with E-state index in [2.05, 4.69) is 34.7 Å². The van der Waals surface area contributed by atoms with Crippen molar-refractivity contribution in [3.8, 4) is 0 Å². The summed E-state index contributed by atoms with van der Waals surface area (Å²) >= 11 is 10.4. The van der Waals surface area contributed by atoms with E-state index in [-0.39, 0.29) is 11.0 Å². The number of benzene rings is 1. The van der Waals surface area contributed by atoms with Crippen molar-refractivity contribution in [2.75, 3.05) is 13.1 Å². The van der Waals surface area contributed by atoms with E-state index >= 15 is 0 Å². The monoisotopic (exact) mass is 413 g/mol. The smallest absolute Gasteiger partial charge is 0.203 e. The summed E-state index contributed by atoms with van der Waals surface area (Å²) < 4.78 is 7.11. The molecule has 0 atom stereocenters. The molecule has 0 N–H and O–H groups in total. The van der Waals surface area contributed by atoms with Crippen LogP contribution in [0.4, 0.5) is 0 Å². The fourth-order valence-electron chi connectivity index (χ4n) is 2.19. The predicted molar refractivity (Wildman–Crippen MR) is 102 cm³/mol.